The van der Waals surface area contributed by atoms with Crippen LogP contribution in [-0.2, 0) is 4.79 Å². The zero-order valence-electron chi connectivity index (χ0n) is 9.30. The molecule has 0 bridgehead atoms. The molecular weight excluding hydrogens is 224 g/mol. The van der Waals surface area contributed by atoms with Crippen LogP contribution in [0, 0.1) is 5.92 Å². The van der Waals surface area contributed by atoms with Gasteiger partial charge < -0.3 is 5.11 Å². The zero-order valence-corrected chi connectivity index (χ0v) is 10.1. The smallest absolute Gasteiger partial charge is 0.307 e. The molecule has 1 aliphatic heterocycles. The molecule has 1 aromatic rings. The Hall–Kier alpha value is -0.940. The van der Waals surface area contributed by atoms with E-state index in [4.69, 9.17) is 5.11 Å². The predicted molar refractivity (Wildman–Crippen MR) is 62.5 cm³/mol. The molecule has 1 aromatic heterocycles. The number of aromatic nitrogens is 1. The molecule has 0 saturated carbocycles. The van der Waals surface area contributed by atoms with Gasteiger partial charge in [-0.15, -0.1) is 11.3 Å². The van der Waals surface area contributed by atoms with Crippen LogP contribution in [0.5, 0.6) is 0 Å². The lowest BCUT2D eigenvalue weighted by molar-refractivity contribution is -0.143. The Bertz CT molecular complexity index is 353. The Labute approximate surface area is 98.9 Å². The first-order chi connectivity index (χ1) is 7.68. The second kappa shape index (κ2) is 4.93. The third kappa shape index (κ3) is 2.41. The second-order valence-corrected chi connectivity index (χ2v) is 5.14. The maximum Gasteiger partial charge on any atom is 0.307 e. The average Bonchev–Trinajstić information content (AvgIpc) is 2.81. The Morgan fingerprint density at radius 3 is 3.19 bits per heavy atom. The third-order valence-electron chi connectivity index (χ3n) is 3.16. The fraction of sp³-hybridized carbons (Fsp3) is 0.636. The Kier molecular flexibility index (Phi) is 3.56. The molecule has 1 fully saturated rings. The van der Waals surface area contributed by atoms with Crippen LogP contribution in [0.4, 0.5) is 0 Å². The molecule has 0 aliphatic carbocycles. The predicted octanol–water partition coefficient (Wildman–Crippen LogP) is 2.00. The Morgan fingerprint density at radius 2 is 2.56 bits per heavy atom. The van der Waals surface area contributed by atoms with Gasteiger partial charge in [0.25, 0.3) is 0 Å². The Balaban J connectivity index is 2.01. The molecule has 0 aromatic carbocycles. The van der Waals surface area contributed by atoms with Gasteiger partial charge in [0.05, 0.1) is 12.0 Å². The molecule has 1 N–H and O–H groups in total. The highest BCUT2D eigenvalue weighted by molar-refractivity contribution is 7.09. The number of thiazole rings is 1. The normalized spacial score (nSPS) is 24.2. The van der Waals surface area contributed by atoms with E-state index in [0.717, 1.165) is 24.4 Å². The minimum Gasteiger partial charge on any atom is -0.481 e. The molecule has 16 heavy (non-hydrogen) atoms. The number of piperidine rings is 1. The summed E-state index contributed by atoms with van der Waals surface area (Å²) in [7, 11) is 0. The standard InChI is InChI=1S/C11H16N2O2S/c1-8(10-12-4-6-16-10)13-5-2-3-9(7-13)11(14)15/h4,6,8-9H,2-3,5,7H2,1H3,(H,14,15). The lowest BCUT2D eigenvalue weighted by Gasteiger charge is -2.34. The molecule has 4 nitrogen and oxygen atoms in total. The SMILES string of the molecule is CC(c1nccs1)N1CCCC(C(=O)O)C1. The summed E-state index contributed by atoms with van der Waals surface area (Å²) in [6.07, 6.45) is 3.57. The van der Waals surface area contributed by atoms with Gasteiger partial charge in [0.15, 0.2) is 0 Å². The summed E-state index contributed by atoms with van der Waals surface area (Å²) in [5.41, 5.74) is 0. The molecule has 0 spiro atoms. The molecule has 2 heterocycles. The van der Waals surface area contributed by atoms with E-state index in [9.17, 15) is 4.79 Å². The van der Waals surface area contributed by atoms with Crippen molar-refractivity contribution in [2.75, 3.05) is 13.1 Å². The molecule has 0 radical (unpaired) electrons. The fourth-order valence-electron chi connectivity index (χ4n) is 2.16. The van der Waals surface area contributed by atoms with Crippen LogP contribution in [0.1, 0.15) is 30.8 Å². The third-order valence-corrected chi connectivity index (χ3v) is 4.10. The highest BCUT2D eigenvalue weighted by atomic mass is 32.1. The number of likely N-dealkylation sites (tertiary alicyclic amines) is 1. The molecule has 1 saturated heterocycles. The van der Waals surface area contributed by atoms with Crippen LogP contribution < -0.4 is 0 Å². The number of hydrogen-bond acceptors (Lipinski definition) is 4. The van der Waals surface area contributed by atoms with Gasteiger partial charge in [0.1, 0.15) is 5.01 Å². The van der Waals surface area contributed by atoms with E-state index in [0.29, 0.717) is 6.54 Å². The fourth-order valence-corrected chi connectivity index (χ4v) is 2.89. The molecule has 2 rings (SSSR count). The maximum absolute atomic E-state index is 11.0. The number of hydrogen-bond donors (Lipinski definition) is 1. The van der Waals surface area contributed by atoms with Gasteiger partial charge >= 0.3 is 5.97 Å². The summed E-state index contributed by atoms with van der Waals surface area (Å²) in [6.45, 7) is 3.73. The van der Waals surface area contributed by atoms with Crippen molar-refractivity contribution in [3.05, 3.63) is 16.6 Å². The van der Waals surface area contributed by atoms with Crippen molar-refractivity contribution in [1.82, 2.24) is 9.88 Å². The van der Waals surface area contributed by atoms with Crippen LogP contribution in [0.25, 0.3) is 0 Å². The van der Waals surface area contributed by atoms with E-state index in [2.05, 4.69) is 16.8 Å². The monoisotopic (exact) mass is 240 g/mol. The Morgan fingerprint density at radius 1 is 1.75 bits per heavy atom. The van der Waals surface area contributed by atoms with Gasteiger partial charge in [0, 0.05) is 18.1 Å². The quantitative estimate of drug-likeness (QED) is 0.878. The van der Waals surface area contributed by atoms with Gasteiger partial charge in [-0.25, -0.2) is 4.98 Å². The van der Waals surface area contributed by atoms with Crippen LogP contribution >= 0.6 is 11.3 Å². The average molecular weight is 240 g/mol. The van der Waals surface area contributed by atoms with Crippen molar-refractivity contribution in [1.29, 1.82) is 0 Å². The topological polar surface area (TPSA) is 53.4 Å². The summed E-state index contributed by atoms with van der Waals surface area (Å²) in [5.74, 6) is -0.882. The molecule has 2 atom stereocenters. The first-order valence-corrected chi connectivity index (χ1v) is 6.42. The van der Waals surface area contributed by atoms with E-state index in [-0.39, 0.29) is 12.0 Å². The van der Waals surface area contributed by atoms with Crippen LogP contribution in [-0.4, -0.2) is 34.0 Å². The van der Waals surface area contributed by atoms with Crippen molar-refractivity contribution in [2.24, 2.45) is 5.92 Å². The maximum atomic E-state index is 11.0. The van der Waals surface area contributed by atoms with Gasteiger partial charge in [-0.05, 0) is 26.3 Å². The number of rotatable bonds is 3. The first kappa shape index (κ1) is 11.5. The molecule has 1 aliphatic rings. The molecule has 5 heteroatoms. The summed E-state index contributed by atoms with van der Waals surface area (Å²) in [4.78, 5) is 17.5. The van der Waals surface area contributed by atoms with Gasteiger partial charge in [0.2, 0.25) is 0 Å². The minimum atomic E-state index is -0.670. The van der Waals surface area contributed by atoms with Gasteiger partial charge in [-0.1, -0.05) is 0 Å². The van der Waals surface area contributed by atoms with Crippen molar-refractivity contribution >= 4 is 17.3 Å². The molecule has 88 valence electrons. The minimum absolute atomic E-state index is 0.212. The largest absolute Gasteiger partial charge is 0.481 e. The van der Waals surface area contributed by atoms with E-state index >= 15 is 0 Å². The van der Waals surface area contributed by atoms with Crippen LogP contribution in [0.3, 0.4) is 0 Å². The molecule has 2 unspecified atom stereocenters. The number of aliphatic carboxylic acids is 1. The van der Waals surface area contributed by atoms with Crippen LogP contribution in [0.2, 0.25) is 0 Å². The number of carboxylic acid groups (broad SMARTS) is 1. The molecule has 0 amide bonds. The number of carbonyl (C=O) groups is 1. The van der Waals surface area contributed by atoms with Crippen molar-refractivity contribution in [3.8, 4) is 0 Å². The molecular formula is C11H16N2O2S. The summed E-state index contributed by atoms with van der Waals surface area (Å²) in [6, 6.07) is 0.238. The van der Waals surface area contributed by atoms with Crippen molar-refractivity contribution in [3.63, 3.8) is 0 Å². The van der Waals surface area contributed by atoms with Crippen molar-refractivity contribution in [2.45, 2.75) is 25.8 Å². The van der Waals surface area contributed by atoms with E-state index in [1.54, 1.807) is 17.5 Å². The van der Waals surface area contributed by atoms with E-state index in [1.807, 2.05) is 5.38 Å². The van der Waals surface area contributed by atoms with Gasteiger partial charge in [-0.2, -0.15) is 0 Å². The summed E-state index contributed by atoms with van der Waals surface area (Å²) >= 11 is 1.63. The van der Waals surface area contributed by atoms with Crippen LogP contribution in [0.15, 0.2) is 11.6 Å². The van der Waals surface area contributed by atoms with E-state index in [1.165, 1.54) is 0 Å². The lowest BCUT2D eigenvalue weighted by atomic mass is 9.97. The number of carboxylic acids is 1. The van der Waals surface area contributed by atoms with Crippen molar-refractivity contribution < 1.29 is 9.90 Å². The summed E-state index contributed by atoms with van der Waals surface area (Å²) in [5, 5.41) is 12.1. The van der Waals surface area contributed by atoms with Gasteiger partial charge in [-0.3, -0.25) is 9.69 Å². The number of nitrogens with zero attached hydrogens (tertiary/aromatic N) is 2. The highest BCUT2D eigenvalue weighted by Gasteiger charge is 2.29. The second-order valence-electron chi connectivity index (χ2n) is 4.22. The van der Waals surface area contributed by atoms with E-state index < -0.39 is 5.97 Å². The zero-order chi connectivity index (χ0) is 11.5. The first-order valence-electron chi connectivity index (χ1n) is 5.54. The lowest BCUT2D eigenvalue weighted by Crippen LogP contribution is -2.40. The summed E-state index contributed by atoms with van der Waals surface area (Å²) < 4.78 is 0. The highest BCUT2D eigenvalue weighted by Crippen LogP contribution is 2.27.